The van der Waals surface area contributed by atoms with Crippen LogP contribution in [0.25, 0.3) is 75.5 Å². The van der Waals surface area contributed by atoms with Crippen molar-refractivity contribution >= 4 is 59.3 Å². The van der Waals surface area contributed by atoms with Gasteiger partial charge in [-0.25, -0.2) is 0 Å². The Morgan fingerprint density at radius 3 is 1.57 bits per heavy atom. The second kappa shape index (κ2) is 13.7. The lowest BCUT2D eigenvalue weighted by molar-refractivity contribution is 1.28. The standard InChI is InChI=1S/C52H35NS/c1-2-11-36(12-3-1)38-21-23-39(24-22-38)40-27-31-44(32-28-40)53(49-18-8-6-15-46(49)43-26-25-37-13-4-5-14-42(37)35-43)45-33-29-41(30-34-45)47-17-10-20-51-52(47)48-16-7-9-19-50(48)54-51/h1-35H. The van der Waals surface area contributed by atoms with Gasteiger partial charge in [0, 0.05) is 37.1 Å². The van der Waals surface area contributed by atoms with Crippen molar-refractivity contribution in [1.29, 1.82) is 0 Å². The monoisotopic (exact) mass is 705 g/mol. The molecule has 254 valence electrons. The molecular weight excluding hydrogens is 671 g/mol. The molecule has 1 nitrogen and oxygen atoms in total. The Hall–Kier alpha value is -6.74. The van der Waals surface area contributed by atoms with Crippen LogP contribution in [0.1, 0.15) is 0 Å². The third-order valence-corrected chi connectivity index (χ3v) is 11.6. The summed E-state index contributed by atoms with van der Waals surface area (Å²) < 4.78 is 2.64. The highest BCUT2D eigenvalue weighted by molar-refractivity contribution is 7.25. The number of nitrogens with zero attached hydrogens (tertiary/aromatic N) is 1. The molecule has 54 heavy (non-hydrogen) atoms. The van der Waals surface area contributed by atoms with Gasteiger partial charge in [-0.3, -0.25) is 0 Å². The lowest BCUT2D eigenvalue weighted by Gasteiger charge is -2.28. The van der Waals surface area contributed by atoms with E-state index < -0.39 is 0 Å². The summed E-state index contributed by atoms with van der Waals surface area (Å²) in [5, 5.41) is 5.13. The first-order valence-corrected chi connectivity index (χ1v) is 19.2. The van der Waals surface area contributed by atoms with E-state index in [0.717, 1.165) is 17.1 Å². The lowest BCUT2D eigenvalue weighted by atomic mass is 9.97. The third-order valence-electron chi connectivity index (χ3n) is 10.5. The Kier molecular flexibility index (Phi) is 8.09. The van der Waals surface area contributed by atoms with Crippen LogP contribution in [0.15, 0.2) is 212 Å². The molecule has 9 aromatic carbocycles. The molecule has 2 heteroatoms. The highest BCUT2D eigenvalue weighted by Crippen LogP contribution is 2.44. The van der Waals surface area contributed by atoms with Crippen LogP contribution in [0.3, 0.4) is 0 Å². The Bertz CT molecular complexity index is 2900. The fourth-order valence-electron chi connectivity index (χ4n) is 7.79. The molecule has 1 heterocycles. The van der Waals surface area contributed by atoms with Crippen LogP contribution < -0.4 is 4.90 Å². The average Bonchev–Trinajstić information content (AvgIpc) is 3.64. The minimum Gasteiger partial charge on any atom is -0.310 e. The summed E-state index contributed by atoms with van der Waals surface area (Å²) in [6.07, 6.45) is 0. The number of para-hydroxylation sites is 1. The van der Waals surface area contributed by atoms with Crippen LogP contribution in [-0.4, -0.2) is 0 Å². The minimum absolute atomic E-state index is 1.10. The summed E-state index contributed by atoms with van der Waals surface area (Å²) in [6, 6.07) is 77.1. The van der Waals surface area contributed by atoms with Crippen molar-refractivity contribution in [2.24, 2.45) is 0 Å². The molecule has 0 radical (unpaired) electrons. The maximum atomic E-state index is 2.40. The van der Waals surface area contributed by atoms with E-state index in [0.29, 0.717) is 0 Å². The van der Waals surface area contributed by atoms with Crippen molar-refractivity contribution < 1.29 is 0 Å². The highest BCUT2D eigenvalue weighted by Gasteiger charge is 2.18. The number of fused-ring (bicyclic) bond motifs is 4. The Balaban J connectivity index is 1.07. The van der Waals surface area contributed by atoms with Crippen LogP contribution in [0.4, 0.5) is 17.1 Å². The molecule has 0 fully saturated rings. The van der Waals surface area contributed by atoms with Gasteiger partial charge in [0.25, 0.3) is 0 Å². The number of hydrogen-bond acceptors (Lipinski definition) is 2. The first-order chi connectivity index (χ1) is 26.8. The maximum Gasteiger partial charge on any atom is 0.0540 e. The summed E-state index contributed by atoms with van der Waals surface area (Å²) in [7, 11) is 0. The molecule has 0 saturated heterocycles. The fraction of sp³-hybridized carbons (Fsp3) is 0. The van der Waals surface area contributed by atoms with Gasteiger partial charge in [0.15, 0.2) is 0 Å². The van der Waals surface area contributed by atoms with Gasteiger partial charge in [-0.1, -0.05) is 164 Å². The highest BCUT2D eigenvalue weighted by atomic mass is 32.1. The van der Waals surface area contributed by atoms with Gasteiger partial charge in [0.05, 0.1) is 5.69 Å². The molecule has 0 N–H and O–H groups in total. The Labute approximate surface area is 319 Å². The van der Waals surface area contributed by atoms with Crippen molar-refractivity contribution in [2.45, 2.75) is 0 Å². The molecule has 0 bridgehead atoms. The zero-order valence-electron chi connectivity index (χ0n) is 29.6. The van der Waals surface area contributed by atoms with Gasteiger partial charge in [0.2, 0.25) is 0 Å². The molecule has 0 spiro atoms. The van der Waals surface area contributed by atoms with Crippen LogP contribution in [0.5, 0.6) is 0 Å². The molecule has 0 aliphatic rings. The predicted molar refractivity (Wildman–Crippen MR) is 233 cm³/mol. The zero-order chi connectivity index (χ0) is 35.8. The molecule has 0 atom stereocenters. The van der Waals surface area contributed by atoms with Crippen molar-refractivity contribution in [3.63, 3.8) is 0 Å². The van der Waals surface area contributed by atoms with E-state index in [9.17, 15) is 0 Å². The number of thiophene rings is 1. The van der Waals surface area contributed by atoms with Crippen molar-refractivity contribution in [3.05, 3.63) is 212 Å². The normalized spacial score (nSPS) is 11.3. The van der Waals surface area contributed by atoms with Gasteiger partial charge in [-0.2, -0.15) is 0 Å². The van der Waals surface area contributed by atoms with Gasteiger partial charge in [-0.05, 0) is 98.2 Å². The largest absolute Gasteiger partial charge is 0.310 e. The van der Waals surface area contributed by atoms with E-state index in [-0.39, 0.29) is 0 Å². The van der Waals surface area contributed by atoms with Crippen LogP contribution in [-0.2, 0) is 0 Å². The Morgan fingerprint density at radius 1 is 0.315 bits per heavy atom. The van der Waals surface area contributed by atoms with Gasteiger partial charge >= 0.3 is 0 Å². The van der Waals surface area contributed by atoms with E-state index in [1.54, 1.807) is 0 Å². The van der Waals surface area contributed by atoms with Crippen LogP contribution in [0.2, 0.25) is 0 Å². The fourth-order valence-corrected chi connectivity index (χ4v) is 8.92. The summed E-state index contributed by atoms with van der Waals surface area (Å²) in [4.78, 5) is 2.40. The van der Waals surface area contributed by atoms with E-state index >= 15 is 0 Å². The van der Waals surface area contributed by atoms with Gasteiger partial charge < -0.3 is 4.90 Å². The molecule has 0 unspecified atom stereocenters. The third kappa shape index (κ3) is 5.84. The number of hydrogen-bond donors (Lipinski definition) is 0. The predicted octanol–water partition coefficient (Wildman–Crippen LogP) is 15.3. The van der Waals surface area contributed by atoms with E-state index in [4.69, 9.17) is 0 Å². The van der Waals surface area contributed by atoms with Crippen LogP contribution >= 0.6 is 11.3 Å². The van der Waals surface area contributed by atoms with E-state index in [1.165, 1.54) is 75.5 Å². The zero-order valence-corrected chi connectivity index (χ0v) is 30.4. The SMILES string of the molecule is c1ccc(-c2ccc(-c3ccc(N(c4ccc(-c5cccc6sc7ccccc7c56)cc4)c4ccccc4-c4ccc5ccccc5c4)cc3)cc2)cc1. The van der Waals surface area contributed by atoms with Gasteiger partial charge in [-0.15, -0.1) is 11.3 Å². The first-order valence-electron chi connectivity index (χ1n) is 18.4. The summed E-state index contributed by atoms with van der Waals surface area (Å²) in [5.74, 6) is 0. The first kappa shape index (κ1) is 32.0. The van der Waals surface area contributed by atoms with E-state index in [1.807, 2.05) is 11.3 Å². The second-order valence-corrected chi connectivity index (χ2v) is 14.8. The second-order valence-electron chi connectivity index (χ2n) is 13.7. The molecule has 1 aromatic heterocycles. The quantitative estimate of drug-likeness (QED) is 0.160. The molecule has 0 aliphatic carbocycles. The van der Waals surface area contributed by atoms with Gasteiger partial charge in [0.1, 0.15) is 0 Å². The minimum atomic E-state index is 1.10. The lowest BCUT2D eigenvalue weighted by Crippen LogP contribution is -2.11. The Morgan fingerprint density at radius 2 is 0.833 bits per heavy atom. The summed E-state index contributed by atoms with van der Waals surface area (Å²) in [6.45, 7) is 0. The topological polar surface area (TPSA) is 3.24 Å². The summed E-state index contributed by atoms with van der Waals surface area (Å²) in [5.41, 5.74) is 13.0. The average molecular weight is 706 g/mol. The van der Waals surface area contributed by atoms with Crippen molar-refractivity contribution in [3.8, 4) is 44.5 Å². The van der Waals surface area contributed by atoms with Crippen molar-refractivity contribution in [1.82, 2.24) is 0 Å². The molecule has 10 rings (SSSR count). The maximum absolute atomic E-state index is 2.40. The van der Waals surface area contributed by atoms with E-state index in [2.05, 4.69) is 217 Å². The van der Waals surface area contributed by atoms with Crippen LogP contribution in [0, 0.1) is 0 Å². The summed E-state index contributed by atoms with van der Waals surface area (Å²) >= 11 is 1.86. The molecular formula is C52H35NS. The van der Waals surface area contributed by atoms with Crippen molar-refractivity contribution in [2.75, 3.05) is 4.90 Å². The number of rotatable bonds is 7. The smallest absolute Gasteiger partial charge is 0.0540 e. The number of anilines is 3. The molecule has 0 amide bonds. The molecule has 0 aliphatic heterocycles. The molecule has 10 aromatic rings. The number of benzene rings is 9. The molecule has 0 saturated carbocycles.